The number of nitrogens with zero attached hydrogens (tertiary/aromatic N) is 1. The Balaban J connectivity index is 2.09. The summed E-state index contributed by atoms with van der Waals surface area (Å²) < 4.78 is 6.39. The lowest BCUT2D eigenvalue weighted by Gasteiger charge is -2.38. The van der Waals surface area contributed by atoms with Gasteiger partial charge in [0.1, 0.15) is 0 Å². The topological polar surface area (TPSA) is 24.5 Å². The van der Waals surface area contributed by atoms with Gasteiger partial charge in [-0.25, -0.2) is 0 Å². The zero-order valence-corrected chi connectivity index (χ0v) is 14.3. The number of likely N-dealkylation sites (N-methyl/N-ethyl adjacent to an activating group) is 1. The lowest BCUT2D eigenvalue weighted by Crippen LogP contribution is -2.52. The van der Waals surface area contributed by atoms with Gasteiger partial charge in [-0.15, -0.1) is 0 Å². The molecule has 2 rings (SSSR count). The van der Waals surface area contributed by atoms with Crippen molar-refractivity contribution in [3.63, 3.8) is 0 Å². The number of ether oxygens (including phenoxy) is 1. The highest BCUT2D eigenvalue weighted by Gasteiger charge is 2.53. The van der Waals surface area contributed by atoms with Gasteiger partial charge in [0, 0.05) is 25.0 Å². The number of hydrogen-bond donors (Lipinski definition) is 1. The molecule has 20 heavy (non-hydrogen) atoms. The summed E-state index contributed by atoms with van der Waals surface area (Å²) in [6.07, 6.45) is 2.74. The van der Waals surface area contributed by atoms with Crippen LogP contribution >= 0.6 is 0 Å². The van der Waals surface area contributed by atoms with Crippen molar-refractivity contribution >= 4 is 0 Å². The van der Waals surface area contributed by atoms with E-state index in [4.69, 9.17) is 4.74 Å². The van der Waals surface area contributed by atoms with Crippen molar-refractivity contribution in [2.24, 2.45) is 11.8 Å². The van der Waals surface area contributed by atoms with Crippen molar-refractivity contribution < 1.29 is 4.74 Å². The first-order chi connectivity index (χ1) is 9.26. The summed E-state index contributed by atoms with van der Waals surface area (Å²) in [5.41, 5.74) is -0.122. The van der Waals surface area contributed by atoms with Crippen molar-refractivity contribution in [3.05, 3.63) is 0 Å². The fourth-order valence-corrected chi connectivity index (χ4v) is 4.37. The van der Waals surface area contributed by atoms with Gasteiger partial charge in [-0.2, -0.15) is 0 Å². The second-order valence-corrected chi connectivity index (χ2v) is 7.96. The van der Waals surface area contributed by atoms with Crippen LogP contribution < -0.4 is 5.32 Å². The maximum atomic E-state index is 6.39. The Hall–Kier alpha value is -0.120. The monoisotopic (exact) mass is 282 g/mol. The predicted octanol–water partition coefficient (Wildman–Crippen LogP) is 2.90. The van der Waals surface area contributed by atoms with Gasteiger partial charge >= 0.3 is 0 Å². The standard InChI is InChI=1S/C17H34N2O/c1-7-18-15-14(16(3,4)20-17(15,5)6)12-19-10-8-9-13(2)11-19/h13-15,18H,7-12H2,1-6H3. The van der Waals surface area contributed by atoms with Gasteiger partial charge in [-0.3, -0.25) is 0 Å². The highest BCUT2D eigenvalue weighted by Crippen LogP contribution is 2.42. The van der Waals surface area contributed by atoms with E-state index in [1.807, 2.05) is 0 Å². The molecule has 0 aromatic rings. The first-order valence-corrected chi connectivity index (χ1v) is 8.42. The Morgan fingerprint density at radius 1 is 1.20 bits per heavy atom. The zero-order valence-electron chi connectivity index (χ0n) is 14.3. The Morgan fingerprint density at radius 2 is 1.90 bits per heavy atom. The molecule has 118 valence electrons. The summed E-state index contributed by atoms with van der Waals surface area (Å²) in [6.45, 7) is 18.3. The number of likely N-dealkylation sites (tertiary alicyclic amines) is 1. The Kier molecular flexibility index (Phi) is 4.83. The first-order valence-electron chi connectivity index (χ1n) is 8.42. The molecule has 0 bridgehead atoms. The Bertz CT molecular complexity index is 327. The normalized spacial score (nSPS) is 37.2. The third-order valence-electron chi connectivity index (χ3n) is 5.19. The molecule has 2 aliphatic rings. The van der Waals surface area contributed by atoms with E-state index in [1.54, 1.807) is 0 Å². The molecule has 0 aromatic carbocycles. The van der Waals surface area contributed by atoms with Gasteiger partial charge in [-0.05, 0) is 59.5 Å². The maximum absolute atomic E-state index is 6.39. The largest absolute Gasteiger partial charge is 0.368 e. The summed E-state index contributed by atoms with van der Waals surface area (Å²) in [7, 11) is 0. The summed E-state index contributed by atoms with van der Waals surface area (Å²) >= 11 is 0. The number of nitrogens with one attached hydrogen (secondary N) is 1. The fourth-order valence-electron chi connectivity index (χ4n) is 4.37. The summed E-state index contributed by atoms with van der Waals surface area (Å²) in [5.74, 6) is 1.41. The Labute approximate surface area is 125 Å². The SMILES string of the molecule is CCNC1C(CN2CCCC(C)C2)C(C)(C)OC1(C)C. The van der Waals surface area contributed by atoms with Crippen LogP contribution in [0.4, 0.5) is 0 Å². The van der Waals surface area contributed by atoms with Crippen molar-refractivity contribution in [2.45, 2.75) is 71.6 Å². The zero-order chi connectivity index (χ0) is 15.0. The second-order valence-electron chi connectivity index (χ2n) is 7.96. The van der Waals surface area contributed by atoms with E-state index in [0.717, 1.165) is 12.5 Å². The van der Waals surface area contributed by atoms with E-state index in [9.17, 15) is 0 Å². The van der Waals surface area contributed by atoms with E-state index in [1.165, 1.54) is 32.5 Å². The van der Waals surface area contributed by atoms with Crippen LogP contribution in [0.5, 0.6) is 0 Å². The molecule has 0 amide bonds. The molecular weight excluding hydrogens is 248 g/mol. The van der Waals surface area contributed by atoms with Crippen molar-refractivity contribution in [1.82, 2.24) is 10.2 Å². The average molecular weight is 282 g/mol. The lowest BCUT2D eigenvalue weighted by atomic mass is 9.81. The number of hydrogen-bond acceptors (Lipinski definition) is 3. The molecular formula is C17H34N2O. The first kappa shape index (κ1) is 16.3. The van der Waals surface area contributed by atoms with Crippen molar-refractivity contribution in [2.75, 3.05) is 26.2 Å². The van der Waals surface area contributed by atoms with Crippen LogP contribution in [0.2, 0.25) is 0 Å². The third-order valence-corrected chi connectivity index (χ3v) is 5.19. The van der Waals surface area contributed by atoms with Gasteiger partial charge < -0.3 is 15.0 Å². The molecule has 0 aromatic heterocycles. The smallest absolute Gasteiger partial charge is 0.0790 e. The van der Waals surface area contributed by atoms with E-state index in [2.05, 4.69) is 51.8 Å². The summed E-state index contributed by atoms with van der Waals surface area (Å²) in [5, 5.41) is 3.69. The Morgan fingerprint density at radius 3 is 2.50 bits per heavy atom. The van der Waals surface area contributed by atoms with Crippen molar-refractivity contribution in [3.8, 4) is 0 Å². The van der Waals surface area contributed by atoms with E-state index in [-0.39, 0.29) is 11.2 Å². The molecule has 3 unspecified atom stereocenters. The molecule has 3 nitrogen and oxygen atoms in total. The molecule has 0 radical (unpaired) electrons. The van der Waals surface area contributed by atoms with Crippen LogP contribution in [0.1, 0.15) is 54.4 Å². The van der Waals surface area contributed by atoms with Crippen LogP contribution in [0, 0.1) is 11.8 Å². The number of piperidine rings is 1. The van der Waals surface area contributed by atoms with Crippen LogP contribution in [0.25, 0.3) is 0 Å². The van der Waals surface area contributed by atoms with Gasteiger partial charge in [0.2, 0.25) is 0 Å². The van der Waals surface area contributed by atoms with E-state index >= 15 is 0 Å². The summed E-state index contributed by atoms with van der Waals surface area (Å²) in [6, 6.07) is 0.444. The van der Waals surface area contributed by atoms with Gasteiger partial charge in [0.25, 0.3) is 0 Å². The van der Waals surface area contributed by atoms with Crippen LogP contribution in [-0.2, 0) is 4.74 Å². The molecule has 2 heterocycles. The molecule has 2 aliphatic heterocycles. The fraction of sp³-hybridized carbons (Fsp3) is 1.00. The predicted molar refractivity (Wildman–Crippen MR) is 85.0 cm³/mol. The van der Waals surface area contributed by atoms with Crippen LogP contribution in [0.15, 0.2) is 0 Å². The molecule has 0 aliphatic carbocycles. The highest BCUT2D eigenvalue weighted by molar-refractivity contribution is 5.06. The van der Waals surface area contributed by atoms with Crippen molar-refractivity contribution in [1.29, 1.82) is 0 Å². The highest BCUT2D eigenvalue weighted by atomic mass is 16.5. The second kappa shape index (κ2) is 5.94. The average Bonchev–Trinajstić information content (AvgIpc) is 2.47. The van der Waals surface area contributed by atoms with Gasteiger partial charge in [-0.1, -0.05) is 13.8 Å². The van der Waals surface area contributed by atoms with Gasteiger partial charge in [0.15, 0.2) is 0 Å². The quantitative estimate of drug-likeness (QED) is 0.858. The molecule has 3 atom stereocenters. The minimum absolute atomic E-state index is 0.0446. The van der Waals surface area contributed by atoms with E-state index < -0.39 is 0 Å². The molecule has 2 saturated heterocycles. The minimum Gasteiger partial charge on any atom is -0.368 e. The molecule has 0 spiro atoms. The molecule has 0 saturated carbocycles. The van der Waals surface area contributed by atoms with Crippen LogP contribution in [-0.4, -0.2) is 48.3 Å². The van der Waals surface area contributed by atoms with E-state index in [0.29, 0.717) is 12.0 Å². The molecule has 3 heteroatoms. The van der Waals surface area contributed by atoms with Crippen LogP contribution in [0.3, 0.4) is 0 Å². The molecule has 1 N–H and O–H groups in total. The lowest BCUT2D eigenvalue weighted by molar-refractivity contribution is -0.0801. The maximum Gasteiger partial charge on any atom is 0.0790 e. The number of rotatable bonds is 4. The minimum atomic E-state index is -0.0778. The van der Waals surface area contributed by atoms with Gasteiger partial charge in [0.05, 0.1) is 11.2 Å². The third kappa shape index (κ3) is 3.37. The summed E-state index contributed by atoms with van der Waals surface area (Å²) in [4.78, 5) is 2.66. The molecule has 2 fully saturated rings.